The molecule has 0 aliphatic carbocycles. The van der Waals surface area contributed by atoms with E-state index in [1.165, 1.54) is 19.3 Å². The van der Waals surface area contributed by atoms with Crippen LogP contribution in [0.15, 0.2) is 76.0 Å². The normalized spacial score (nSPS) is 11.2. The quantitative estimate of drug-likeness (QED) is 0.196. The number of hydrogen-bond acceptors (Lipinski definition) is 6. The maximum absolute atomic E-state index is 12.3. The third-order valence-corrected chi connectivity index (χ3v) is 4.92. The van der Waals surface area contributed by atoms with Crippen molar-refractivity contribution >= 4 is 33.8 Å². The van der Waals surface area contributed by atoms with Gasteiger partial charge in [0.1, 0.15) is 12.2 Å². The van der Waals surface area contributed by atoms with Gasteiger partial charge in [-0.3, -0.25) is 0 Å². The number of carbonyl (C=O) groups is 1. The molecule has 0 spiro atoms. The summed E-state index contributed by atoms with van der Waals surface area (Å²) in [6.45, 7) is -0.0610. The number of ether oxygens (including phenoxy) is 3. The van der Waals surface area contributed by atoms with Crippen molar-refractivity contribution in [3.05, 3.63) is 88.3 Å². The average Bonchev–Trinajstić information content (AvgIpc) is 2.80. The van der Waals surface area contributed by atoms with E-state index in [0.29, 0.717) is 28.2 Å². The Morgan fingerprint density at radius 2 is 1.84 bits per heavy atom. The molecule has 0 saturated heterocycles. The maximum Gasteiger partial charge on any atom is 0.336 e. The van der Waals surface area contributed by atoms with Crippen LogP contribution >= 0.6 is 0 Å². The molecule has 6 nitrogen and oxygen atoms in total. The van der Waals surface area contributed by atoms with Gasteiger partial charge in [0.15, 0.2) is 11.5 Å². The molecular formula is C25H20O6. The van der Waals surface area contributed by atoms with E-state index in [1.54, 1.807) is 37.5 Å². The first-order chi connectivity index (χ1) is 15.1. The van der Waals surface area contributed by atoms with Crippen molar-refractivity contribution in [2.24, 2.45) is 0 Å². The summed E-state index contributed by atoms with van der Waals surface area (Å²) in [5.74, 6) is 0.533. The molecule has 1 heterocycles. The van der Waals surface area contributed by atoms with E-state index in [9.17, 15) is 9.59 Å². The van der Waals surface area contributed by atoms with Gasteiger partial charge in [-0.05, 0) is 29.0 Å². The summed E-state index contributed by atoms with van der Waals surface area (Å²) in [5, 5.41) is 2.68. The average molecular weight is 416 g/mol. The zero-order chi connectivity index (χ0) is 21.8. The molecule has 156 valence electrons. The van der Waals surface area contributed by atoms with Crippen LogP contribution in [0.3, 0.4) is 0 Å². The van der Waals surface area contributed by atoms with Crippen LogP contribution in [-0.4, -0.2) is 20.2 Å². The molecule has 3 aromatic carbocycles. The lowest BCUT2D eigenvalue weighted by Gasteiger charge is -2.10. The van der Waals surface area contributed by atoms with Crippen molar-refractivity contribution in [3.63, 3.8) is 0 Å². The van der Waals surface area contributed by atoms with Crippen molar-refractivity contribution in [1.82, 2.24) is 0 Å². The maximum atomic E-state index is 12.3. The highest BCUT2D eigenvalue weighted by Gasteiger charge is 2.12. The second-order valence-electron chi connectivity index (χ2n) is 6.77. The lowest BCUT2D eigenvalue weighted by atomic mass is 10.0. The molecule has 1 aromatic heterocycles. The van der Waals surface area contributed by atoms with Gasteiger partial charge in [-0.15, -0.1) is 0 Å². The summed E-state index contributed by atoms with van der Waals surface area (Å²) in [4.78, 5) is 24.3. The third kappa shape index (κ3) is 4.14. The van der Waals surface area contributed by atoms with Crippen LogP contribution in [-0.2, 0) is 16.1 Å². The molecule has 4 aromatic rings. The fourth-order valence-corrected chi connectivity index (χ4v) is 3.53. The SMILES string of the molecule is COc1cccc(C=CC(=O)OCc2cc(=O)oc3ccc4ccccc4c23)c1OC. The van der Waals surface area contributed by atoms with Crippen LogP contribution in [0.25, 0.3) is 27.8 Å². The molecule has 0 saturated carbocycles. The molecular weight excluding hydrogens is 396 g/mol. The molecule has 4 rings (SSSR count). The topological polar surface area (TPSA) is 75.0 Å². The summed E-state index contributed by atoms with van der Waals surface area (Å²) in [6.07, 6.45) is 2.90. The fourth-order valence-electron chi connectivity index (χ4n) is 3.53. The molecule has 6 heteroatoms. The Morgan fingerprint density at radius 1 is 1.00 bits per heavy atom. The van der Waals surface area contributed by atoms with E-state index >= 15 is 0 Å². The van der Waals surface area contributed by atoms with Gasteiger partial charge in [0, 0.05) is 28.7 Å². The molecule has 0 fully saturated rings. The summed E-state index contributed by atoms with van der Waals surface area (Å²) in [7, 11) is 3.08. The summed E-state index contributed by atoms with van der Waals surface area (Å²) >= 11 is 0. The highest BCUT2D eigenvalue weighted by Crippen LogP contribution is 2.31. The summed E-state index contributed by atoms with van der Waals surface area (Å²) in [5.41, 5.74) is 1.22. The van der Waals surface area contributed by atoms with Crippen LogP contribution in [0.2, 0.25) is 0 Å². The first-order valence-electron chi connectivity index (χ1n) is 9.61. The van der Waals surface area contributed by atoms with E-state index in [0.717, 1.165) is 16.2 Å². The van der Waals surface area contributed by atoms with Gasteiger partial charge < -0.3 is 18.6 Å². The van der Waals surface area contributed by atoms with Gasteiger partial charge in [0.2, 0.25) is 0 Å². The molecule has 31 heavy (non-hydrogen) atoms. The standard InChI is InChI=1S/C25H20O6/c1-28-21-9-5-7-17(25(21)29-2)11-13-22(26)30-15-18-14-23(27)31-20-12-10-16-6-3-4-8-19(16)24(18)20/h3-14H,15H2,1-2H3. The number of carbonyl (C=O) groups excluding carboxylic acids is 1. The Morgan fingerprint density at radius 3 is 2.65 bits per heavy atom. The predicted octanol–water partition coefficient (Wildman–Crippen LogP) is 4.72. The van der Waals surface area contributed by atoms with E-state index < -0.39 is 11.6 Å². The van der Waals surface area contributed by atoms with Crippen LogP contribution in [0, 0.1) is 0 Å². The Bertz CT molecular complexity index is 1350. The van der Waals surface area contributed by atoms with E-state index in [1.807, 2.05) is 30.3 Å². The molecule has 0 N–H and O–H groups in total. The minimum absolute atomic E-state index is 0.0610. The Balaban J connectivity index is 1.60. The second-order valence-corrected chi connectivity index (χ2v) is 6.77. The number of rotatable bonds is 6. The molecule has 0 atom stereocenters. The summed E-state index contributed by atoms with van der Waals surface area (Å²) in [6, 6.07) is 18.1. The molecule has 0 unspecified atom stereocenters. The first kappa shape index (κ1) is 20.2. The van der Waals surface area contributed by atoms with Gasteiger partial charge in [-0.25, -0.2) is 9.59 Å². The second kappa shape index (κ2) is 8.75. The minimum atomic E-state index is -0.550. The van der Waals surface area contributed by atoms with Crippen molar-refractivity contribution in [1.29, 1.82) is 0 Å². The summed E-state index contributed by atoms with van der Waals surface area (Å²) < 4.78 is 21.4. The molecule has 0 bridgehead atoms. The lowest BCUT2D eigenvalue weighted by Crippen LogP contribution is -2.06. The minimum Gasteiger partial charge on any atom is -0.493 e. The Kier molecular flexibility index (Phi) is 5.71. The van der Waals surface area contributed by atoms with Crippen molar-refractivity contribution in [3.8, 4) is 11.5 Å². The molecule has 0 radical (unpaired) electrons. The van der Waals surface area contributed by atoms with E-state index in [2.05, 4.69) is 0 Å². The van der Waals surface area contributed by atoms with Crippen LogP contribution in [0.1, 0.15) is 11.1 Å². The van der Waals surface area contributed by atoms with E-state index in [-0.39, 0.29) is 6.61 Å². The number of para-hydroxylation sites is 1. The number of hydrogen-bond donors (Lipinski definition) is 0. The number of benzene rings is 3. The van der Waals surface area contributed by atoms with Crippen molar-refractivity contribution < 1.29 is 23.4 Å². The zero-order valence-corrected chi connectivity index (χ0v) is 17.1. The molecule has 0 aliphatic heterocycles. The number of fused-ring (bicyclic) bond motifs is 3. The number of methoxy groups -OCH3 is 2. The zero-order valence-electron chi connectivity index (χ0n) is 17.1. The van der Waals surface area contributed by atoms with Gasteiger partial charge in [0.25, 0.3) is 0 Å². The predicted molar refractivity (Wildman–Crippen MR) is 118 cm³/mol. The van der Waals surface area contributed by atoms with Gasteiger partial charge >= 0.3 is 11.6 Å². The van der Waals surface area contributed by atoms with Gasteiger partial charge in [-0.1, -0.05) is 42.5 Å². The smallest absolute Gasteiger partial charge is 0.336 e. The highest BCUT2D eigenvalue weighted by atomic mass is 16.5. The first-order valence-corrected chi connectivity index (χ1v) is 9.61. The Labute approximate surface area is 178 Å². The molecule has 0 aliphatic rings. The largest absolute Gasteiger partial charge is 0.493 e. The van der Waals surface area contributed by atoms with Gasteiger partial charge in [-0.2, -0.15) is 0 Å². The molecule has 0 amide bonds. The van der Waals surface area contributed by atoms with E-state index in [4.69, 9.17) is 18.6 Å². The van der Waals surface area contributed by atoms with Crippen molar-refractivity contribution in [2.45, 2.75) is 6.61 Å². The monoisotopic (exact) mass is 416 g/mol. The number of esters is 1. The lowest BCUT2D eigenvalue weighted by molar-refractivity contribution is -0.138. The van der Waals surface area contributed by atoms with Crippen LogP contribution in [0.4, 0.5) is 0 Å². The van der Waals surface area contributed by atoms with Crippen molar-refractivity contribution in [2.75, 3.05) is 14.2 Å². The highest BCUT2D eigenvalue weighted by molar-refractivity contribution is 6.07. The van der Waals surface area contributed by atoms with Gasteiger partial charge in [0.05, 0.1) is 14.2 Å². The Hall–Kier alpha value is -4.06. The fraction of sp³-hybridized carbons (Fsp3) is 0.120. The van der Waals surface area contributed by atoms with Crippen LogP contribution < -0.4 is 15.1 Å². The van der Waals surface area contributed by atoms with Crippen LogP contribution in [0.5, 0.6) is 11.5 Å². The third-order valence-electron chi connectivity index (χ3n) is 4.92.